The zero-order chi connectivity index (χ0) is 10.3. The maximum atomic E-state index is 4.54. The SMILES string of the molecule is CCN1CC(n2nc(C)c(Br)c2C)C1. The van der Waals surface area contributed by atoms with Gasteiger partial charge in [-0.05, 0) is 36.3 Å². The van der Waals surface area contributed by atoms with Gasteiger partial charge in [0, 0.05) is 13.1 Å². The Morgan fingerprint density at radius 1 is 1.43 bits per heavy atom. The maximum Gasteiger partial charge on any atom is 0.0776 e. The van der Waals surface area contributed by atoms with Gasteiger partial charge in [0.1, 0.15) is 0 Å². The van der Waals surface area contributed by atoms with E-state index in [1.807, 2.05) is 6.92 Å². The molecule has 0 unspecified atom stereocenters. The van der Waals surface area contributed by atoms with E-state index in [0.29, 0.717) is 6.04 Å². The molecular weight excluding hydrogens is 242 g/mol. The summed E-state index contributed by atoms with van der Waals surface area (Å²) in [4.78, 5) is 2.43. The van der Waals surface area contributed by atoms with Crippen LogP contribution in [-0.4, -0.2) is 34.3 Å². The first-order valence-electron chi connectivity index (χ1n) is 5.07. The third kappa shape index (κ3) is 1.50. The fourth-order valence-electron chi connectivity index (χ4n) is 1.95. The third-order valence-electron chi connectivity index (χ3n) is 2.97. The van der Waals surface area contributed by atoms with Crippen molar-refractivity contribution in [3.63, 3.8) is 0 Å². The van der Waals surface area contributed by atoms with E-state index in [-0.39, 0.29) is 0 Å². The highest BCUT2D eigenvalue weighted by Gasteiger charge is 2.29. The Morgan fingerprint density at radius 2 is 2.07 bits per heavy atom. The van der Waals surface area contributed by atoms with Gasteiger partial charge < -0.3 is 0 Å². The largest absolute Gasteiger partial charge is 0.299 e. The van der Waals surface area contributed by atoms with Crippen LogP contribution in [0.2, 0.25) is 0 Å². The molecule has 1 fully saturated rings. The van der Waals surface area contributed by atoms with Crippen LogP contribution in [0, 0.1) is 13.8 Å². The molecule has 0 atom stereocenters. The average molecular weight is 258 g/mol. The summed E-state index contributed by atoms with van der Waals surface area (Å²) in [5.41, 5.74) is 2.35. The van der Waals surface area contributed by atoms with Gasteiger partial charge in [-0.25, -0.2) is 0 Å². The molecule has 78 valence electrons. The number of halogens is 1. The summed E-state index contributed by atoms with van der Waals surface area (Å²) < 4.78 is 3.32. The fourth-order valence-corrected chi connectivity index (χ4v) is 2.21. The molecule has 1 aliphatic heterocycles. The molecule has 1 aliphatic rings. The maximum absolute atomic E-state index is 4.54. The van der Waals surface area contributed by atoms with Crippen molar-refractivity contribution in [2.45, 2.75) is 26.8 Å². The molecule has 0 amide bonds. The lowest BCUT2D eigenvalue weighted by Crippen LogP contribution is -2.47. The van der Waals surface area contributed by atoms with Gasteiger partial charge in [0.25, 0.3) is 0 Å². The number of likely N-dealkylation sites (N-methyl/N-ethyl adjacent to an activating group) is 1. The summed E-state index contributed by atoms with van der Waals surface area (Å²) in [6.45, 7) is 9.81. The molecule has 1 aromatic heterocycles. The van der Waals surface area contributed by atoms with Crippen molar-refractivity contribution in [2.24, 2.45) is 0 Å². The van der Waals surface area contributed by atoms with Gasteiger partial charge in [-0.3, -0.25) is 9.58 Å². The van der Waals surface area contributed by atoms with Crippen molar-refractivity contribution in [3.05, 3.63) is 15.9 Å². The molecule has 0 radical (unpaired) electrons. The molecule has 0 aromatic carbocycles. The molecule has 1 aromatic rings. The molecule has 3 nitrogen and oxygen atoms in total. The molecule has 2 heterocycles. The first-order valence-corrected chi connectivity index (χ1v) is 5.86. The van der Waals surface area contributed by atoms with Crippen molar-refractivity contribution in [1.29, 1.82) is 0 Å². The monoisotopic (exact) mass is 257 g/mol. The van der Waals surface area contributed by atoms with Crippen LogP contribution in [0.1, 0.15) is 24.4 Å². The Bertz CT molecular complexity index is 339. The molecule has 0 saturated carbocycles. The van der Waals surface area contributed by atoms with E-state index in [4.69, 9.17) is 0 Å². The second-order valence-electron chi connectivity index (χ2n) is 3.94. The van der Waals surface area contributed by atoms with E-state index in [1.54, 1.807) is 0 Å². The van der Waals surface area contributed by atoms with Gasteiger partial charge in [0.05, 0.1) is 21.9 Å². The van der Waals surface area contributed by atoms with Crippen LogP contribution >= 0.6 is 15.9 Å². The number of hydrogen-bond acceptors (Lipinski definition) is 2. The summed E-state index contributed by atoms with van der Waals surface area (Å²) in [6, 6.07) is 0.583. The summed E-state index contributed by atoms with van der Waals surface area (Å²) >= 11 is 3.56. The topological polar surface area (TPSA) is 21.1 Å². The molecule has 0 N–H and O–H groups in total. The molecule has 4 heteroatoms. The van der Waals surface area contributed by atoms with E-state index >= 15 is 0 Å². The van der Waals surface area contributed by atoms with Crippen LogP contribution in [0.5, 0.6) is 0 Å². The lowest BCUT2D eigenvalue weighted by atomic mass is 10.1. The highest BCUT2D eigenvalue weighted by Crippen LogP contribution is 2.27. The molecule has 0 aliphatic carbocycles. The van der Waals surface area contributed by atoms with E-state index < -0.39 is 0 Å². The zero-order valence-corrected chi connectivity index (χ0v) is 10.5. The Kier molecular flexibility index (Phi) is 2.66. The molecule has 1 saturated heterocycles. The summed E-state index contributed by atoms with van der Waals surface area (Å²) in [5.74, 6) is 0. The third-order valence-corrected chi connectivity index (χ3v) is 4.12. The number of aryl methyl sites for hydroxylation is 1. The average Bonchev–Trinajstić information content (AvgIpc) is 2.32. The molecular formula is C10H16BrN3. The van der Waals surface area contributed by atoms with Gasteiger partial charge in [0.2, 0.25) is 0 Å². The van der Waals surface area contributed by atoms with Crippen molar-refractivity contribution in [1.82, 2.24) is 14.7 Å². The molecule has 2 rings (SSSR count). The van der Waals surface area contributed by atoms with Gasteiger partial charge in [0.15, 0.2) is 0 Å². The van der Waals surface area contributed by atoms with Gasteiger partial charge in [-0.2, -0.15) is 5.10 Å². The minimum absolute atomic E-state index is 0.583. The Hall–Kier alpha value is -0.350. The quantitative estimate of drug-likeness (QED) is 0.810. The number of likely N-dealkylation sites (tertiary alicyclic amines) is 1. The normalized spacial score (nSPS) is 18.6. The number of nitrogens with zero attached hydrogens (tertiary/aromatic N) is 3. The van der Waals surface area contributed by atoms with E-state index in [1.165, 1.54) is 5.69 Å². The van der Waals surface area contributed by atoms with Gasteiger partial charge in [-0.15, -0.1) is 0 Å². The molecule has 14 heavy (non-hydrogen) atoms. The second kappa shape index (κ2) is 3.66. The van der Waals surface area contributed by atoms with Crippen LogP contribution in [0.15, 0.2) is 4.47 Å². The number of rotatable bonds is 2. The highest BCUT2D eigenvalue weighted by atomic mass is 79.9. The van der Waals surface area contributed by atoms with Crippen molar-refractivity contribution in [3.8, 4) is 0 Å². The summed E-state index contributed by atoms with van der Waals surface area (Å²) in [6.07, 6.45) is 0. The summed E-state index contributed by atoms with van der Waals surface area (Å²) in [7, 11) is 0. The minimum Gasteiger partial charge on any atom is -0.299 e. The minimum atomic E-state index is 0.583. The highest BCUT2D eigenvalue weighted by molar-refractivity contribution is 9.10. The first kappa shape index (κ1) is 10.2. The smallest absolute Gasteiger partial charge is 0.0776 e. The van der Waals surface area contributed by atoms with Crippen LogP contribution in [0.3, 0.4) is 0 Å². The second-order valence-corrected chi connectivity index (χ2v) is 4.73. The van der Waals surface area contributed by atoms with E-state index in [9.17, 15) is 0 Å². The van der Waals surface area contributed by atoms with Crippen LogP contribution in [0.25, 0.3) is 0 Å². The lowest BCUT2D eigenvalue weighted by molar-refractivity contribution is 0.104. The van der Waals surface area contributed by atoms with E-state index in [0.717, 1.165) is 29.8 Å². The van der Waals surface area contributed by atoms with Crippen LogP contribution < -0.4 is 0 Å². The standard InChI is InChI=1S/C10H16BrN3/c1-4-13-5-9(6-13)14-8(3)10(11)7(2)12-14/h9H,4-6H2,1-3H3. The van der Waals surface area contributed by atoms with Gasteiger partial charge in [-0.1, -0.05) is 6.92 Å². The summed E-state index contributed by atoms with van der Waals surface area (Å²) in [5, 5.41) is 4.54. The lowest BCUT2D eigenvalue weighted by Gasteiger charge is -2.39. The Balaban J connectivity index is 2.15. The molecule has 0 spiro atoms. The van der Waals surface area contributed by atoms with E-state index in [2.05, 4.69) is 44.5 Å². The van der Waals surface area contributed by atoms with Crippen LogP contribution in [0.4, 0.5) is 0 Å². The van der Waals surface area contributed by atoms with Crippen molar-refractivity contribution in [2.75, 3.05) is 19.6 Å². The predicted molar refractivity (Wildman–Crippen MR) is 60.6 cm³/mol. The number of hydrogen-bond donors (Lipinski definition) is 0. The zero-order valence-electron chi connectivity index (χ0n) is 8.92. The molecule has 0 bridgehead atoms. The van der Waals surface area contributed by atoms with Crippen molar-refractivity contribution >= 4 is 15.9 Å². The van der Waals surface area contributed by atoms with Crippen LogP contribution in [-0.2, 0) is 0 Å². The first-order chi connectivity index (χ1) is 6.63. The number of aromatic nitrogens is 2. The predicted octanol–water partition coefficient (Wildman–Crippen LogP) is 2.14. The Labute approximate surface area is 93.2 Å². The van der Waals surface area contributed by atoms with Crippen molar-refractivity contribution < 1.29 is 0 Å². The van der Waals surface area contributed by atoms with Gasteiger partial charge >= 0.3 is 0 Å². The Morgan fingerprint density at radius 3 is 2.50 bits per heavy atom. The fraction of sp³-hybridized carbons (Fsp3) is 0.700.